The van der Waals surface area contributed by atoms with Gasteiger partial charge in [-0.15, -0.1) is 0 Å². The van der Waals surface area contributed by atoms with E-state index in [1.54, 1.807) is 0 Å². The molecule has 0 saturated heterocycles. The maximum atomic E-state index is 10.1. The Balaban J connectivity index is 1.24. The summed E-state index contributed by atoms with van der Waals surface area (Å²) >= 11 is 0. The molecular formula is C39H31N3. The number of hydrogen-bond donors (Lipinski definition) is 0. The normalized spacial score (nSPS) is 22.5. The van der Waals surface area contributed by atoms with Gasteiger partial charge in [0, 0.05) is 34.0 Å². The molecule has 202 valence electrons. The minimum atomic E-state index is -0.123. The van der Waals surface area contributed by atoms with E-state index in [0.717, 1.165) is 34.3 Å². The Hall–Kier alpha value is -5.07. The van der Waals surface area contributed by atoms with Gasteiger partial charge in [0.2, 0.25) is 0 Å². The van der Waals surface area contributed by atoms with Crippen molar-refractivity contribution in [1.29, 1.82) is 5.26 Å². The number of benzene rings is 4. The smallest absolute Gasteiger partial charge is 0.101 e. The van der Waals surface area contributed by atoms with Crippen LogP contribution in [0.1, 0.15) is 25.8 Å². The van der Waals surface area contributed by atoms with Gasteiger partial charge in [0.1, 0.15) is 6.07 Å². The third-order valence-electron chi connectivity index (χ3n) is 9.48. The lowest BCUT2D eigenvalue weighted by atomic mass is 9.78. The third kappa shape index (κ3) is 3.45. The Kier molecular flexibility index (Phi) is 5.43. The number of allylic oxidation sites excluding steroid dienone is 5. The molecule has 3 aliphatic rings. The molecule has 0 amide bonds. The zero-order valence-corrected chi connectivity index (χ0v) is 23.8. The molecule has 4 aromatic carbocycles. The Bertz CT molecular complexity index is 2010. The zero-order chi connectivity index (χ0) is 28.4. The van der Waals surface area contributed by atoms with Gasteiger partial charge in [0.05, 0.1) is 27.8 Å². The molecule has 2 aliphatic carbocycles. The van der Waals surface area contributed by atoms with E-state index in [2.05, 4.69) is 151 Å². The second-order valence-corrected chi connectivity index (χ2v) is 11.9. The summed E-state index contributed by atoms with van der Waals surface area (Å²) in [5.41, 5.74) is 9.99. The van der Waals surface area contributed by atoms with Gasteiger partial charge in [-0.25, -0.2) is 0 Å². The number of anilines is 1. The summed E-state index contributed by atoms with van der Waals surface area (Å²) in [5, 5.41) is 12.5. The number of aromatic nitrogens is 1. The Labute approximate surface area is 246 Å². The van der Waals surface area contributed by atoms with Crippen LogP contribution in [0.2, 0.25) is 0 Å². The summed E-state index contributed by atoms with van der Waals surface area (Å²) in [4.78, 5) is 2.58. The fraction of sp³-hybridized carbons (Fsp3) is 0.154. The van der Waals surface area contributed by atoms with Crippen LogP contribution >= 0.6 is 0 Å². The summed E-state index contributed by atoms with van der Waals surface area (Å²) < 4.78 is 2.24. The predicted octanol–water partition coefficient (Wildman–Crippen LogP) is 9.49. The molecule has 2 heterocycles. The molecular weight excluding hydrogens is 510 g/mol. The Morgan fingerprint density at radius 1 is 0.833 bits per heavy atom. The van der Waals surface area contributed by atoms with Crippen LogP contribution in [0, 0.1) is 23.2 Å². The zero-order valence-electron chi connectivity index (χ0n) is 23.8. The highest BCUT2D eigenvalue weighted by atomic mass is 15.2. The first-order valence-corrected chi connectivity index (χ1v) is 14.8. The van der Waals surface area contributed by atoms with Crippen molar-refractivity contribution in [2.45, 2.75) is 25.8 Å². The highest BCUT2D eigenvalue weighted by molar-refractivity contribution is 6.09. The quantitative estimate of drug-likeness (QED) is 0.228. The molecule has 3 unspecified atom stereocenters. The van der Waals surface area contributed by atoms with E-state index in [1.165, 1.54) is 27.7 Å². The van der Waals surface area contributed by atoms with Crippen LogP contribution in [0.5, 0.6) is 0 Å². The van der Waals surface area contributed by atoms with Crippen molar-refractivity contribution in [1.82, 2.24) is 4.57 Å². The number of nitriles is 1. The third-order valence-corrected chi connectivity index (χ3v) is 9.48. The summed E-state index contributed by atoms with van der Waals surface area (Å²) in [6.07, 6.45) is 14.9. The predicted molar refractivity (Wildman–Crippen MR) is 174 cm³/mol. The van der Waals surface area contributed by atoms with Crippen molar-refractivity contribution in [3.63, 3.8) is 0 Å². The van der Waals surface area contributed by atoms with Crippen molar-refractivity contribution in [2.24, 2.45) is 11.8 Å². The van der Waals surface area contributed by atoms with Crippen LogP contribution in [0.4, 0.5) is 5.69 Å². The molecule has 0 fully saturated rings. The molecule has 0 N–H and O–H groups in total. The lowest BCUT2D eigenvalue weighted by Gasteiger charge is -2.42. The molecule has 1 aliphatic heterocycles. The highest BCUT2D eigenvalue weighted by Crippen LogP contribution is 2.52. The van der Waals surface area contributed by atoms with E-state index in [0.29, 0.717) is 17.4 Å². The first-order chi connectivity index (χ1) is 20.6. The van der Waals surface area contributed by atoms with Crippen LogP contribution < -0.4 is 4.90 Å². The number of fused-ring (bicyclic) bond motifs is 5. The average Bonchev–Trinajstić information content (AvgIpc) is 3.51. The van der Waals surface area contributed by atoms with Gasteiger partial charge in [-0.3, -0.25) is 0 Å². The summed E-state index contributed by atoms with van der Waals surface area (Å²) in [5.74, 6) is 0.824. The number of hydrogen-bond acceptors (Lipinski definition) is 2. The average molecular weight is 542 g/mol. The molecule has 3 nitrogen and oxygen atoms in total. The van der Waals surface area contributed by atoms with Crippen LogP contribution in [0.25, 0.3) is 38.6 Å². The largest absolute Gasteiger partial charge is 0.334 e. The molecule has 5 aromatic rings. The van der Waals surface area contributed by atoms with E-state index < -0.39 is 0 Å². The van der Waals surface area contributed by atoms with Crippen LogP contribution in [-0.2, 0) is 0 Å². The SMILES string of the molecule is CC1CC=CC2=C1N(c1ccc(-c3ccc(C#N)c(-n4c5ccccc5c5ccccc54)c3)cc1)C1(C)C=CC=CC21. The van der Waals surface area contributed by atoms with Gasteiger partial charge in [-0.1, -0.05) is 98.0 Å². The van der Waals surface area contributed by atoms with E-state index in [-0.39, 0.29) is 5.54 Å². The second-order valence-electron chi connectivity index (χ2n) is 11.9. The van der Waals surface area contributed by atoms with Crippen molar-refractivity contribution in [3.05, 3.63) is 144 Å². The Morgan fingerprint density at radius 2 is 1.52 bits per heavy atom. The standard InChI is InChI=1S/C39H31N3/c1-26-10-9-13-33-34-14-7-8-23-39(34,2)42(38(26)33)30-21-19-27(20-22-30)28-17-18-29(25-40)37(24-28)41-35-15-5-3-11-31(35)32-12-4-6-16-36(32)41/h3-9,11-24,26,34H,10H2,1-2H3. The topological polar surface area (TPSA) is 32.0 Å². The van der Waals surface area contributed by atoms with Crippen LogP contribution in [-0.4, -0.2) is 10.1 Å². The number of nitrogens with zero attached hydrogens (tertiary/aromatic N) is 3. The maximum Gasteiger partial charge on any atom is 0.101 e. The van der Waals surface area contributed by atoms with Gasteiger partial charge in [0.15, 0.2) is 0 Å². The van der Waals surface area contributed by atoms with Crippen molar-refractivity contribution < 1.29 is 0 Å². The first kappa shape index (κ1) is 24.7. The van der Waals surface area contributed by atoms with E-state index in [4.69, 9.17) is 0 Å². The summed E-state index contributed by atoms with van der Waals surface area (Å²) in [7, 11) is 0. The maximum absolute atomic E-state index is 10.1. The second kappa shape index (κ2) is 9.23. The van der Waals surface area contributed by atoms with Crippen molar-refractivity contribution in [3.8, 4) is 22.9 Å². The fourth-order valence-corrected chi connectivity index (χ4v) is 7.50. The summed E-state index contributed by atoms with van der Waals surface area (Å²) in [6.45, 7) is 4.71. The Morgan fingerprint density at radius 3 is 2.24 bits per heavy atom. The molecule has 42 heavy (non-hydrogen) atoms. The minimum absolute atomic E-state index is 0.123. The van der Waals surface area contributed by atoms with Gasteiger partial charge in [-0.05, 0) is 66.4 Å². The summed E-state index contributed by atoms with van der Waals surface area (Å²) in [6, 6.07) is 34.5. The van der Waals surface area contributed by atoms with Gasteiger partial charge in [-0.2, -0.15) is 5.26 Å². The minimum Gasteiger partial charge on any atom is -0.334 e. The van der Waals surface area contributed by atoms with E-state index in [1.807, 2.05) is 6.07 Å². The highest BCUT2D eigenvalue weighted by Gasteiger charge is 2.49. The molecule has 3 atom stereocenters. The number of para-hydroxylation sites is 2. The fourth-order valence-electron chi connectivity index (χ4n) is 7.50. The molecule has 1 aromatic heterocycles. The lowest BCUT2D eigenvalue weighted by Crippen LogP contribution is -2.46. The van der Waals surface area contributed by atoms with Crippen molar-refractivity contribution >= 4 is 27.5 Å². The van der Waals surface area contributed by atoms with Gasteiger partial charge >= 0.3 is 0 Å². The molecule has 0 bridgehead atoms. The van der Waals surface area contributed by atoms with Crippen molar-refractivity contribution in [2.75, 3.05) is 4.90 Å². The molecule has 0 saturated carbocycles. The molecule has 0 spiro atoms. The first-order valence-electron chi connectivity index (χ1n) is 14.8. The van der Waals surface area contributed by atoms with Crippen LogP contribution in [0.15, 0.2) is 139 Å². The molecule has 8 rings (SSSR count). The monoisotopic (exact) mass is 541 g/mol. The molecule has 0 radical (unpaired) electrons. The van der Waals surface area contributed by atoms with E-state index >= 15 is 0 Å². The lowest BCUT2D eigenvalue weighted by molar-refractivity contribution is 0.488. The van der Waals surface area contributed by atoms with E-state index in [9.17, 15) is 5.26 Å². The number of rotatable bonds is 3. The van der Waals surface area contributed by atoms with Gasteiger partial charge in [0.25, 0.3) is 0 Å². The van der Waals surface area contributed by atoms with Crippen LogP contribution in [0.3, 0.4) is 0 Å². The molecule has 3 heteroatoms. The van der Waals surface area contributed by atoms with Gasteiger partial charge < -0.3 is 9.47 Å².